The highest BCUT2D eigenvalue weighted by Gasteiger charge is 2.20. The maximum Gasteiger partial charge on any atom is 0.321 e. The zero-order valence-electron chi connectivity index (χ0n) is 18.1. The van der Waals surface area contributed by atoms with Crippen LogP contribution in [0.4, 0.5) is 10.5 Å². The Morgan fingerprint density at radius 3 is 2.43 bits per heavy atom. The van der Waals surface area contributed by atoms with Gasteiger partial charge in [-0.25, -0.2) is 13.2 Å². The van der Waals surface area contributed by atoms with Crippen LogP contribution >= 0.6 is 0 Å². The number of nitrogens with one attached hydrogen (secondary N) is 1. The first-order valence-electron chi connectivity index (χ1n) is 9.64. The molecule has 0 aliphatic carbocycles. The van der Waals surface area contributed by atoms with Gasteiger partial charge in [-0.05, 0) is 38.1 Å². The summed E-state index contributed by atoms with van der Waals surface area (Å²) in [6.07, 6.45) is 0.782. The molecule has 0 saturated heterocycles. The lowest BCUT2D eigenvalue weighted by Gasteiger charge is -2.21. The summed E-state index contributed by atoms with van der Waals surface area (Å²) in [6, 6.07) is 5.43. The standard InChI is InChI=1S/C20H33N3O6S/c1-6-11-23(5)30(26,27)19-9-7-17(8-10-19)21-20(25)22(4)14-18(24)15-28-12-13-29-16(2)3/h6-10,16,18,24H,1,11-15H2,2-5H3,(H,21,25). The molecule has 9 nitrogen and oxygen atoms in total. The van der Waals surface area contributed by atoms with Gasteiger partial charge in [-0.1, -0.05) is 6.08 Å². The molecule has 0 saturated carbocycles. The zero-order chi connectivity index (χ0) is 22.7. The Morgan fingerprint density at radius 1 is 1.23 bits per heavy atom. The van der Waals surface area contributed by atoms with Crippen LogP contribution in [-0.4, -0.2) is 88.0 Å². The molecule has 0 radical (unpaired) electrons. The third-order valence-electron chi connectivity index (χ3n) is 4.02. The Kier molecular flexibility index (Phi) is 11.0. The van der Waals surface area contributed by atoms with Crippen molar-refractivity contribution in [3.63, 3.8) is 0 Å². The van der Waals surface area contributed by atoms with E-state index in [0.29, 0.717) is 18.9 Å². The first kappa shape index (κ1) is 26.1. The van der Waals surface area contributed by atoms with Crippen molar-refractivity contribution in [3.05, 3.63) is 36.9 Å². The fraction of sp³-hybridized carbons (Fsp3) is 0.550. The molecule has 170 valence electrons. The molecular formula is C20H33N3O6S. The normalized spacial score (nSPS) is 12.8. The lowest BCUT2D eigenvalue weighted by atomic mass is 10.3. The first-order valence-corrected chi connectivity index (χ1v) is 11.1. The Bertz CT molecular complexity index is 767. The second kappa shape index (κ2) is 12.7. The summed E-state index contributed by atoms with van der Waals surface area (Å²) in [5.41, 5.74) is 0.439. The van der Waals surface area contributed by atoms with Crippen LogP contribution in [0.1, 0.15) is 13.8 Å². The van der Waals surface area contributed by atoms with Crippen LogP contribution in [0.25, 0.3) is 0 Å². The summed E-state index contributed by atoms with van der Waals surface area (Å²) >= 11 is 0. The van der Waals surface area contributed by atoms with Crippen LogP contribution in [0.5, 0.6) is 0 Å². The predicted molar refractivity (Wildman–Crippen MR) is 116 cm³/mol. The van der Waals surface area contributed by atoms with Crippen molar-refractivity contribution in [2.24, 2.45) is 0 Å². The van der Waals surface area contributed by atoms with Gasteiger partial charge < -0.3 is 24.8 Å². The Balaban J connectivity index is 2.51. The number of likely N-dealkylation sites (N-methyl/N-ethyl adjacent to an activating group) is 2. The molecule has 1 unspecified atom stereocenters. The summed E-state index contributed by atoms with van der Waals surface area (Å²) in [7, 11) is -0.602. The van der Waals surface area contributed by atoms with E-state index >= 15 is 0 Å². The molecule has 0 heterocycles. The predicted octanol–water partition coefficient (Wildman–Crippen LogP) is 1.76. The molecule has 0 fully saturated rings. The van der Waals surface area contributed by atoms with Gasteiger partial charge in [-0.15, -0.1) is 6.58 Å². The van der Waals surface area contributed by atoms with Gasteiger partial charge in [0.1, 0.15) is 0 Å². The molecule has 0 aliphatic heterocycles. The van der Waals surface area contributed by atoms with Crippen molar-refractivity contribution in [1.82, 2.24) is 9.21 Å². The van der Waals surface area contributed by atoms with Crippen molar-refractivity contribution in [3.8, 4) is 0 Å². The molecule has 2 N–H and O–H groups in total. The zero-order valence-corrected chi connectivity index (χ0v) is 18.9. The largest absolute Gasteiger partial charge is 0.389 e. The summed E-state index contributed by atoms with van der Waals surface area (Å²) in [5.74, 6) is 0. The van der Waals surface area contributed by atoms with Gasteiger partial charge in [0, 0.05) is 26.3 Å². The molecule has 1 aromatic rings. The summed E-state index contributed by atoms with van der Waals surface area (Å²) in [6.45, 7) is 8.55. The number of sulfonamides is 1. The minimum atomic E-state index is -3.61. The molecule has 10 heteroatoms. The average molecular weight is 444 g/mol. The van der Waals surface area contributed by atoms with E-state index in [4.69, 9.17) is 9.47 Å². The van der Waals surface area contributed by atoms with Gasteiger partial charge in [0.15, 0.2) is 0 Å². The minimum Gasteiger partial charge on any atom is -0.389 e. The number of rotatable bonds is 13. The van der Waals surface area contributed by atoms with Crippen LogP contribution in [0.15, 0.2) is 41.8 Å². The molecule has 0 bridgehead atoms. The average Bonchev–Trinajstić information content (AvgIpc) is 2.68. The molecule has 0 spiro atoms. The fourth-order valence-electron chi connectivity index (χ4n) is 2.40. The monoisotopic (exact) mass is 443 g/mol. The Morgan fingerprint density at radius 2 is 1.87 bits per heavy atom. The molecule has 30 heavy (non-hydrogen) atoms. The smallest absolute Gasteiger partial charge is 0.321 e. The summed E-state index contributed by atoms with van der Waals surface area (Å²) in [4.78, 5) is 13.7. The number of hydrogen-bond donors (Lipinski definition) is 2. The number of benzene rings is 1. The van der Waals surface area contributed by atoms with E-state index in [1.807, 2.05) is 13.8 Å². The molecule has 0 aromatic heterocycles. The third kappa shape index (κ3) is 8.80. The van der Waals surface area contributed by atoms with Crippen molar-refractivity contribution in [2.75, 3.05) is 52.3 Å². The number of nitrogens with zero attached hydrogens (tertiary/aromatic N) is 2. The van der Waals surface area contributed by atoms with E-state index in [9.17, 15) is 18.3 Å². The van der Waals surface area contributed by atoms with Crippen LogP contribution in [0.3, 0.4) is 0 Å². The quantitative estimate of drug-likeness (QED) is 0.355. The molecule has 1 rings (SSSR count). The first-order chi connectivity index (χ1) is 14.1. The molecule has 1 atom stereocenters. The lowest BCUT2D eigenvalue weighted by molar-refractivity contribution is -0.0144. The van der Waals surface area contributed by atoms with Crippen molar-refractivity contribution >= 4 is 21.7 Å². The van der Waals surface area contributed by atoms with Crippen LogP contribution in [0.2, 0.25) is 0 Å². The van der Waals surface area contributed by atoms with Crippen LogP contribution in [0, 0.1) is 0 Å². The second-order valence-electron chi connectivity index (χ2n) is 7.06. The fourth-order valence-corrected chi connectivity index (χ4v) is 3.54. The number of carbonyl (C=O) groups is 1. The molecule has 0 aliphatic rings. The molecular weight excluding hydrogens is 410 g/mol. The van der Waals surface area contributed by atoms with E-state index in [-0.39, 0.29) is 30.7 Å². The number of amides is 2. The van der Waals surface area contributed by atoms with Gasteiger partial charge in [0.2, 0.25) is 10.0 Å². The van der Waals surface area contributed by atoms with E-state index in [1.54, 1.807) is 7.05 Å². The number of aliphatic hydroxyl groups excluding tert-OH is 1. The van der Waals surface area contributed by atoms with Crippen LogP contribution in [-0.2, 0) is 19.5 Å². The number of urea groups is 1. The third-order valence-corrected chi connectivity index (χ3v) is 5.86. The number of anilines is 1. The minimum absolute atomic E-state index is 0.0790. The number of hydrogen-bond acceptors (Lipinski definition) is 6. The highest BCUT2D eigenvalue weighted by molar-refractivity contribution is 7.89. The number of ether oxygens (including phenoxy) is 2. The SMILES string of the molecule is C=CCN(C)S(=O)(=O)c1ccc(NC(=O)N(C)CC(O)COCCOC(C)C)cc1. The van der Waals surface area contributed by atoms with Gasteiger partial charge in [-0.2, -0.15) is 4.31 Å². The summed E-state index contributed by atoms with van der Waals surface area (Å²) in [5, 5.41) is 12.7. The molecule has 1 aromatic carbocycles. The van der Waals surface area contributed by atoms with Crippen molar-refractivity contribution in [1.29, 1.82) is 0 Å². The lowest BCUT2D eigenvalue weighted by Crippen LogP contribution is -2.39. The number of carbonyl (C=O) groups excluding carboxylic acids is 1. The summed E-state index contributed by atoms with van der Waals surface area (Å²) < 4.78 is 36.6. The van der Waals surface area contributed by atoms with E-state index in [0.717, 1.165) is 0 Å². The van der Waals surface area contributed by atoms with Gasteiger partial charge in [-0.3, -0.25) is 0 Å². The Labute approximate surface area is 179 Å². The Hall–Kier alpha value is -1.98. The maximum absolute atomic E-state index is 12.4. The van der Waals surface area contributed by atoms with E-state index < -0.39 is 22.2 Å². The van der Waals surface area contributed by atoms with E-state index in [2.05, 4.69) is 11.9 Å². The van der Waals surface area contributed by atoms with Gasteiger partial charge in [0.25, 0.3) is 0 Å². The van der Waals surface area contributed by atoms with Crippen LogP contribution < -0.4 is 5.32 Å². The van der Waals surface area contributed by atoms with Crippen molar-refractivity contribution in [2.45, 2.75) is 31.0 Å². The topological polar surface area (TPSA) is 108 Å². The van der Waals surface area contributed by atoms with Gasteiger partial charge >= 0.3 is 6.03 Å². The molecule has 2 amide bonds. The van der Waals surface area contributed by atoms with Gasteiger partial charge in [0.05, 0.1) is 43.5 Å². The van der Waals surface area contributed by atoms with Crippen molar-refractivity contribution < 1.29 is 27.8 Å². The highest BCUT2D eigenvalue weighted by atomic mass is 32.2. The number of aliphatic hydroxyl groups is 1. The maximum atomic E-state index is 12.4. The highest BCUT2D eigenvalue weighted by Crippen LogP contribution is 2.17. The second-order valence-corrected chi connectivity index (χ2v) is 9.10. The van der Waals surface area contributed by atoms with E-state index in [1.165, 1.54) is 46.6 Å².